The normalized spacial score (nSPS) is 13.0. The number of hydrogen-bond donors (Lipinski definition) is 0. The quantitative estimate of drug-likeness (QED) is 0.148. The molecule has 0 saturated heterocycles. The number of hydrogen-bond acceptors (Lipinski definition) is 3. The first-order valence-corrected chi connectivity index (χ1v) is 14.4. The van der Waals surface area contributed by atoms with Crippen molar-refractivity contribution in [1.82, 2.24) is 19.4 Å². The van der Waals surface area contributed by atoms with Gasteiger partial charge in [0, 0.05) is 48.8 Å². The van der Waals surface area contributed by atoms with Crippen LogP contribution in [0.5, 0.6) is 0 Å². The molecule has 0 saturated carbocycles. The topological polar surface area (TPSA) is 24.3 Å². The summed E-state index contributed by atoms with van der Waals surface area (Å²) in [6, 6.07) is 18.2. The highest BCUT2D eigenvalue weighted by molar-refractivity contribution is 5.85. The zero-order valence-electron chi connectivity index (χ0n) is 23.9. The minimum Gasteiger partial charge on any atom is -0.316 e. The summed E-state index contributed by atoms with van der Waals surface area (Å²) >= 11 is 0. The molecule has 1 unspecified atom stereocenters. The molecule has 0 amide bonds. The van der Waals surface area contributed by atoms with Gasteiger partial charge in [-0.15, -0.1) is 0 Å². The highest BCUT2D eigenvalue weighted by Gasteiger charge is 2.30. The van der Waals surface area contributed by atoms with Crippen molar-refractivity contribution in [3.05, 3.63) is 95.9 Å². The smallest absolute Gasteiger partial charge is 0.316 e. The molecule has 214 valence electrons. The van der Waals surface area contributed by atoms with Crippen LogP contribution >= 0.6 is 0 Å². The number of rotatable bonds is 14. The minimum absolute atomic E-state index is 0.513. The molecule has 0 N–H and O–H groups in total. The highest BCUT2D eigenvalue weighted by Crippen LogP contribution is 2.32. The molecule has 4 rings (SSSR count). The molecular weight excluding hydrogens is 509 g/mol. The van der Waals surface area contributed by atoms with Crippen molar-refractivity contribution in [3.8, 4) is 5.69 Å². The number of benzene rings is 2. The summed E-state index contributed by atoms with van der Waals surface area (Å²) in [6.45, 7) is 8.02. The zero-order chi connectivity index (χ0) is 28.5. The van der Waals surface area contributed by atoms with E-state index >= 15 is 0 Å². The fourth-order valence-electron chi connectivity index (χ4n) is 5.57. The molecule has 4 aromatic rings. The number of para-hydroxylation sites is 1. The third-order valence-electron chi connectivity index (χ3n) is 7.75. The molecule has 0 spiro atoms. The van der Waals surface area contributed by atoms with E-state index in [1.807, 2.05) is 53.5 Å². The van der Waals surface area contributed by atoms with E-state index in [9.17, 15) is 13.2 Å². The van der Waals surface area contributed by atoms with Gasteiger partial charge in [-0.2, -0.15) is 13.2 Å². The second kappa shape index (κ2) is 14.0. The Morgan fingerprint density at radius 3 is 2.38 bits per heavy atom. The molecule has 1 atom stereocenters. The molecule has 0 aliphatic heterocycles. The lowest BCUT2D eigenvalue weighted by Crippen LogP contribution is -2.32. The van der Waals surface area contributed by atoms with Crippen LogP contribution in [0.15, 0.2) is 79.3 Å². The number of unbranched alkanes of at least 4 members (excludes halogenated alkanes) is 1. The molecule has 2 aromatic heterocycles. The third kappa shape index (κ3) is 7.73. The average Bonchev–Trinajstić information content (AvgIpc) is 3.32. The Balaban J connectivity index is 1.55. The van der Waals surface area contributed by atoms with Crippen LogP contribution in [0.1, 0.15) is 62.6 Å². The Bertz CT molecular complexity index is 1330. The standard InChI is InChI=1S/C33H41F3N4/c1-4-11-29(5-2)38(3)20-8-9-21-39(23-26-16-18-37-19-17-26)24-27-25-40(32-15-7-6-14-31(27)32)30-13-10-12-28(22-30)33(34,35)36/h6-7,10,12-19,22,25,29H,4-5,8-9,11,20-21,23-24H2,1-3H3. The molecule has 4 nitrogen and oxygen atoms in total. The van der Waals surface area contributed by atoms with Crippen LogP contribution in [0, 0.1) is 0 Å². The summed E-state index contributed by atoms with van der Waals surface area (Å²) in [5.74, 6) is 0. The maximum Gasteiger partial charge on any atom is 0.416 e. The molecule has 2 heterocycles. The van der Waals surface area contributed by atoms with E-state index in [0.717, 1.165) is 55.0 Å². The van der Waals surface area contributed by atoms with Crippen LogP contribution in [-0.4, -0.2) is 45.5 Å². The van der Waals surface area contributed by atoms with Gasteiger partial charge in [-0.3, -0.25) is 9.88 Å². The van der Waals surface area contributed by atoms with Gasteiger partial charge < -0.3 is 9.47 Å². The Morgan fingerprint density at radius 1 is 0.900 bits per heavy atom. The largest absolute Gasteiger partial charge is 0.416 e. The first kappa shape index (κ1) is 29.8. The van der Waals surface area contributed by atoms with Gasteiger partial charge in [0.2, 0.25) is 0 Å². The van der Waals surface area contributed by atoms with Crippen LogP contribution < -0.4 is 0 Å². The van der Waals surface area contributed by atoms with Crippen molar-refractivity contribution in [2.75, 3.05) is 20.1 Å². The lowest BCUT2D eigenvalue weighted by Gasteiger charge is -2.27. The number of alkyl halides is 3. The number of aromatic nitrogens is 2. The lowest BCUT2D eigenvalue weighted by atomic mass is 10.1. The predicted molar refractivity (Wildman–Crippen MR) is 157 cm³/mol. The fourth-order valence-corrected chi connectivity index (χ4v) is 5.57. The highest BCUT2D eigenvalue weighted by atomic mass is 19.4. The van der Waals surface area contributed by atoms with E-state index < -0.39 is 11.7 Å². The van der Waals surface area contributed by atoms with Crippen molar-refractivity contribution < 1.29 is 13.2 Å². The van der Waals surface area contributed by atoms with Crippen molar-refractivity contribution in [3.63, 3.8) is 0 Å². The van der Waals surface area contributed by atoms with Gasteiger partial charge in [-0.1, -0.05) is 44.5 Å². The van der Waals surface area contributed by atoms with E-state index in [4.69, 9.17) is 0 Å². The van der Waals surface area contributed by atoms with E-state index in [0.29, 0.717) is 18.3 Å². The van der Waals surface area contributed by atoms with Gasteiger partial charge in [0.25, 0.3) is 0 Å². The number of fused-ring (bicyclic) bond motifs is 1. The van der Waals surface area contributed by atoms with Gasteiger partial charge in [-0.05, 0) is 93.3 Å². The predicted octanol–water partition coefficient (Wildman–Crippen LogP) is 8.34. The van der Waals surface area contributed by atoms with E-state index in [2.05, 4.69) is 41.7 Å². The zero-order valence-corrected chi connectivity index (χ0v) is 23.9. The monoisotopic (exact) mass is 550 g/mol. The van der Waals surface area contributed by atoms with Crippen molar-refractivity contribution in [2.45, 2.75) is 71.3 Å². The van der Waals surface area contributed by atoms with Crippen LogP contribution in [0.25, 0.3) is 16.6 Å². The molecule has 7 heteroatoms. The van der Waals surface area contributed by atoms with E-state index in [1.165, 1.54) is 37.0 Å². The third-order valence-corrected chi connectivity index (χ3v) is 7.75. The van der Waals surface area contributed by atoms with Gasteiger partial charge in [0.05, 0.1) is 11.1 Å². The second-order valence-corrected chi connectivity index (χ2v) is 10.7. The first-order valence-electron chi connectivity index (χ1n) is 14.4. The van der Waals surface area contributed by atoms with Gasteiger partial charge in [0.15, 0.2) is 0 Å². The van der Waals surface area contributed by atoms with Gasteiger partial charge in [0.1, 0.15) is 0 Å². The van der Waals surface area contributed by atoms with Gasteiger partial charge in [-0.25, -0.2) is 0 Å². The fraction of sp³-hybridized carbons (Fsp3) is 0.424. The van der Waals surface area contributed by atoms with Crippen LogP contribution in [0.2, 0.25) is 0 Å². The summed E-state index contributed by atoms with van der Waals surface area (Å²) in [7, 11) is 2.24. The molecule has 0 aliphatic rings. The molecule has 0 bridgehead atoms. The first-order chi connectivity index (χ1) is 19.3. The van der Waals surface area contributed by atoms with Crippen LogP contribution in [0.3, 0.4) is 0 Å². The minimum atomic E-state index is -4.38. The summed E-state index contributed by atoms with van der Waals surface area (Å²) in [4.78, 5) is 9.11. The Kier molecular flexibility index (Phi) is 10.4. The summed E-state index contributed by atoms with van der Waals surface area (Å²) in [6.07, 6.45) is 7.07. The SMILES string of the molecule is CCCC(CC)N(C)CCCCN(Cc1ccncc1)Cc1cn(-c2cccc(C(F)(F)F)c2)c2ccccc12. The number of nitrogens with zero attached hydrogens (tertiary/aromatic N) is 4. The molecular formula is C33H41F3N4. The maximum absolute atomic E-state index is 13.5. The van der Waals surface area contributed by atoms with Crippen molar-refractivity contribution in [2.24, 2.45) is 0 Å². The number of halogens is 3. The molecule has 2 aromatic carbocycles. The van der Waals surface area contributed by atoms with Crippen LogP contribution in [-0.2, 0) is 19.3 Å². The number of pyridine rings is 1. The summed E-state index contributed by atoms with van der Waals surface area (Å²) < 4.78 is 42.3. The van der Waals surface area contributed by atoms with E-state index in [1.54, 1.807) is 6.07 Å². The Morgan fingerprint density at radius 2 is 1.65 bits per heavy atom. The Hall–Kier alpha value is -3.16. The second-order valence-electron chi connectivity index (χ2n) is 10.7. The molecule has 40 heavy (non-hydrogen) atoms. The average molecular weight is 551 g/mol. The summed E-state index contributed by atoms with van der Waals surface area (Å²) in [5, 5.41) is 1.06. The molecule has 0 radical (unpaired) electrons. The Labute approximate surface area is 236 Å². The summed E-state index contributed by atoms with van der Waals surface area (Å²) in [5.41, 5.74) is 3.08. The molecule has 0 aliphatic carbocycles. The maximum atomic E-state index is 13.5. The van der Waals surface area contributed by atoms with Crippen molar-refractivity contribution >= 4 is 10.9 Å². The lowest BCUT2D eigenvalue weighted by molar-refractivity contribution is -0.137. The van der Waals surface area contributed by atoms with E-state index in [-0.39, 0.29) is 0 Å². The van der Waals surface area contributed by atoms with Crippen LogP contribution in [0.4, 0.5) is 13.2 Å². The van der Waals surface area contributed by atoms with Crippen molar-refractivity contribution in [1.29, 1.82) is 0 Å². The van der Waals surface area contributed by atoms with Gasteiger partial charge >= 0.3 is 6.18 Å². The molecule has 0 fully saturated rings.